The first-order valence-corrected chi connectivity index (χ1v) is 5.18. The predicted molar refractivity (Wildman–Crippen MR) is 61.6 cm³/mol. The van der Waals surface area contributed by atoms with Crippen LogP contribution >= 0.6 is 0 Å². The van der Waals surface area contributed by atoms with Gasteiger partial charge in [0.2, 0.25) is 11.8 Å². The first-order valence-electron chi connectivity index (χ1n) is 5.18. The first kappa shape index (κ1) is 16.3. The van der Waals surface area contributed by atoms with Gasteiger partial charge in [-0.1, -0.05) is 6.92 Å². The molecule has 0 aromatic carbocycles. The van der Waals surface area contributed by atoms with Gasteiger partial charge in [0, 0.05) is 27.4 Å². The Morgan fingerprint density at radius 2 is 1.60 bits per heavy atom. The highest BCUT2D eigenvalue weighted by Gasteiger charge is 1.88. The summed E-state index contributed by atoms with van der Waals surface area (Å²) in [6.07, 6.45) is 1.01. The van der Waals surface area contributed by atoms with Crippen LogP contribution in [0.3, 0.4) is 0 Å². The smallest absolute Gasteiger partial charge is 0.216 e. The molecule has 0 saturated carbocycles. The Morgan fingerprint density at radius 1 is 1.07 bits per heavy atom. The summed E-state index contributed by atoms with van der Waals surface area (Å²) in [5.41, 5.74) is 0. The molecule has 0 rings (SSSR count). The summed E-state index contributed by atoms with van der Waals surface area (Å²) in [6, 6.07) is 0. The second-order valence-electron chi connectivity index (χ2n) is 3.00. The summed E-state index contributed by atoms with van der Waals surface area (Å²) in [6.45, 7) is 7.84. The lowest BCUT2D eigenvalue weighted by atomic mass is 10.4. The normalized spacial score (nSPS) is 8.53. The van der Waals surface area contributed by atoms with Crippen molar-refractivity contribution in [2.24, 2.45) is 0 Å². The molecule has 0 fully saturated rings. The van der Waals surface area contributed by atoms with Crippen LogP contribution in [0.2, 0.25) is 0 Å². The second kappa shape index (κ2) is 12.9. The maximum Gasteiger partial charge on any atom is 0.216 e. The van der Waals surface area contributed by atoms with Crippen molar-refractivity contribution in [2.45, 2.75) is 27.2 Å². The Kier molecular flexibility index (Phi) is 14.0. The minimum Gasteiger partial charge on any atom is -0.359 e. The Labute approximate surface area is 92.0 Å². The van der Waals surface area contributed by atoms with E-state index >= 15 is 0 Å². The van der Waals surface area contributed by atoms with Gasteiger partial charge in [-0.05, 0) is 19.5 Å². The molecule has 0 aromatic heterocycles. The molecule has 5 heteroatoms. The van der Waals surface area contributed by atoms with Crippen LogP contribution in [0.15, 0.2) is 0 Å². The monoisotopic (exact) mass is 217 g/mol. The SMILES string of the molecule is CCNCCCNC(C)=O.CNC(C)=O. The van der Waals surface area contributed by atoms with Gasteiger partial charge in [-0.25, -0.2) is 0 Å². The van der Waals surface area contributed by atoms with Crippen LogP contribution in [0.4, 0.5) is 0 Å². The molecule has 0 aromatic rings. The minimum atomic E-state index is 0.00463. The van der Waals surface area contributed by atoms with Crippen molar-refractivity contribution in [1.82, 2.24) is 16.0 Å². The molecule has 0 aliphatic heterocycles. The van der Waals surface area contributed by atoms with Gasteiger partial charge >= 0.3 is 0 Å². The predicted octanol–water partition coefficient (Wildman–Crippen LogP) is -0.126. The van der Waals surface area contributed by atoms with Crippen molar-refractivity contribution in [3.63, 3.8) is 0 Å². The maximum absolute atomic E-state index is 10.3. The van der Waals surface area contributed by atoms with Gasteiger partial charge in [0.05, 0.1) is 0 Å². The van der Waals surface area contributed by atoms with E-state index in [4.69, 9.17) is 0 Å². The summed E-state index contributed by atoms with van der Waals surface area (Å²) >= 11 is 0. The molecule has 5 nitrogen and oxygen atoms in total. The van der Waals surface area contributed by atoms with Crippen LogP contribution in [0.5, 0.6) is 0 Å². The molecule has 3 N–H and O–H groups in total. The molecule has 0 spiro atoms. The van der Waals surface area contributed by atoms with Gasteiger partial charge < -0.3 is 16.0 Å². The van der Waals surface area contributed by atoms with Gasteiger partial charge in [0.1, 0.15) is 0 Å². The van der Waals surface area contributed by atoms with Gasteiger partial charge in [0.15, 0.2) is 0 Å². The van der Waals surface area contributed by atoms with Crippen LogP contribution in [-0.2, 0) is 9.59 Å². The van der Waals surface area contributed by atoms with Crippen molar-refractivity contribution in [1.29, 1.82) is 0 Å². The molecule has 15 heavy (non-hydrogen) atoms. The molecule has 0 aliphatic carbocycles. The van der Waals surface area contributed by atoms with Crippen molar-refractivity contribution < 1.29 is 9.59 Å². The molecule has 0 bridgehead atoms. The largest absolute Gasteiger partial charge is 0.359 e. The van der Waals surface area contributed by atoms with Gasteiger partial charge in [0.25, 0.3) is 0 Å². The molecule has 0 unspecified atom stereocenters. The average molecular weight is 217 g/mol. The molecule has 0 atom stereocenters. The minimum absolute atomic E-state index is 0.00463. The summed E-state index contributed by atoms with van der Waals surface area (Å²) in [7, 11) is 1.60. The lowest BCUT2D eigenvalue weighted by Gasteiger charge is -2.01. The Bertz CT molecular complexity index is 172. The molecule has 0 heterocycles. The van der Waals surface area contributed by atoms with Gasteiger partial charge in [-0.2, -0.15) is 0 Å². The number of rotatable bonds is 5. The number of carbonyl (C=O) groups is 2. The van der Waals surface area contributed by atoms with Crippen molar-refractivity contribution in [3.8, 4) is 0 Å². The van der Waals surface area contributed by atoms with E-state index in [-0.39, 0.29) is 11.8 Å². The molecule has 2 amide bonds. The van der Waals surface area contributed by atoms with Crippen LogP contribution in [0.25, 0.3) is 0 Å². The fourth-order valence-corrected chi connectivity index (χ4v) is 0.655. The molecular formula is C10H23N3O2. The van der Waals surface area contributed by atoms with Crippen molar-refractivity contribution in [2.75, 3.05) is 26.7 Å². The topological polar surface area (TPSA) is 70.2 Å². The van der Waals surface area contributed by atoms with E-state index in [0.29, 0.717) is 0 Å². The summed E-state index contributed by atoms with van der Waals surface area (Å²) in [5, 5.41) is 8.29. The van der Waals surface area contributed by atoms with E-state index < -0.39 is 0 Å². The van der Waals surface area contributed by atoms with Gasteiger partial charge in [-0.15, -0.1) is 0 Å². The molecule has 0 radical (unpaired) electrons. The third-order valence-electron chi connectivity index (χ3n) is 1.51. The van der Waals surface area contributed by atoms with E-state index in [1.165, 1.54) is 13.8 Å². The highest BCUT2D eigenvalue weighted by molar-refractivity contribution is 5.72. The lowest BCUT2D eigenvalue weighted by Crippen LogP contribution is -2.24. The fourth-order valence-electron chi connectivity index (χ4n) is 0.655. The lowest BCUT2D eigenvalue weighted by molar-refractivity contribution is -0.119. The van der Waals surface area contributed by atoms with E-state index in [1.807, 2.05) is 0 Å². The van der Waals surface area contributed by atoms with Gasteiger partial charge in [-0.3, -0.25) is 9.59 Å². The summed E-state index contributed by atoms with van der Waals surface area (Å²) in [5.74, 6) is 0.0569. The van der Waals surface area contributed by atoms with E-state index in [2.05, 4.69) is 22.9 Å². The zero-order chi connectivity index (χ0) is 12.1. The number of nitrogens with one attached hydrogen (secondary N) is 3. The van der Waals surface area contributed by atoms with Crippen LogP contribution < -0.4 is 16.0 Å². The fraction of sp³-hybridized carbons (Fsp3) is 0.800. The zero-order valence-corrected chi connectivity index (χ0v) is 10.1. The number of carbonyl (C=O) groups excluding carboxylic acids is 2. The van der Waals surface area contributed by atoms with Crippen LogP contribution in [0, 0.1) is 0 Å². The number of hydrogen-bond acceptors (Lipinski definition) is 3. The Morgan fingerprint density at radius 3 is 1.93 bits per heavy atom. The highest BCUT2D eigenvalue weighted by Crippen LogP contribution is 1.72. The standard InChI is InChI=1S/C7H16N2O.C3H7NO/c1-3-8-5-4-6-9-7(2)10;1-3(5)4-2/h8H,3-6H2,1-2H3,(H,9,10);1-2H3,(H,4,5). The summed E-state index contributed by atoms with van der Waals surface area (Å²) < 4.78 is 0. The number of amides is 2. The molecule has 90 valence electrons. The van der Waals surface area contributed by atoms with Crippen LogP contribution in [0.1, 0.15) is 27.2 Å². The number of hydrogen-bond donors (Lipinski definition) is 3. The van der Waals surface area contributed by atoms with Crippen LogP contribution in [-0.4, -0.2) is 38.5 Å². The van der Waals surface area contributed by atoms with Crippen molar-refractivity contribution in [3.05, 3.63) is 0 Å². The Hall–Kier alpha value is -1.10. The van der Waals surface area contributed by atoms with E-state index in [1.54, 1.807) is 7.05 Å². The maximum atomic E-state index is 10.3. The van der Waals surface area contributed by atoms with E-state index in [0.717, 1.165) is 26.1 Å². The first-order chi connectivity index (χ1) is 7.04. The quantitative estimate of drug-likeness (QED) is 0.562. The Balaban J connectivity index is 0. The molecule has 0 saturated heterocycles. The van der Waals surface area contributed by atoms with Crippen molar-refractivity contribution >= 4 is 11.8 Å². The molecular weight excluding hydrogens is 194 g/mol. The highest BCUT2D eigenvalue weighted by atomic mass is 16.1. The zero-order valence-electron chi connectivity index (χ0n) is 10.1. The summed E-state index contributed by atoms with van der Waals surface area (Å²) in [4.78, 5) is 20.0. The average Bonchev–Trinajstić information content (AvgIpc) is 2.18. The van der Waals surface area contributed by atoms with E-state index in [9.17, 15) is 9.59 Å². The third-order valence-corrected chi connectivity index (χ3v) is 1.51. The third kappa shape index (κ3) is 24.6. The second-order valence-corrected chi connectivity index (χ2v) is 3.00. The molecule has 0 aliphatic rings.